The zero-order valence-corrected chi connectivity index (χ0v) is 13.0. The lowest BCUT2D eigenvalue weighted by molar-refractivity contribution is 0.233. The van der Waals surface area contributed by atoms with Gasteiger partial charge in [0.25, 0.3) is 0 Å². The highest BCUT2D eigenvalue weighted by molar-refractivity contribution is 5.25. The van der Waals surface area contributed by atoms with Crippen molar-refractivity contribution in [3.8, 4) is 0 Å². The van der Waals surface area contributed by atoms with E-state index in [1.54, 1.807) is 36.8 Å². The quantitative estimate of drug-likeness (QED) is 0.724. The van der Waals surface area contributed by atoms with Gasteiger partial charge in [-0.05, 0) is 37.7 Å². The molecule has 0 fully saturated rings. The van der Waals surface area contributed by atoms with Gasteiger partial charge in [-0.25, -0.2) is 19.3 Å². The maximum absolute atomic E-state index is 13.2. The Hall–Kier alpha value is -2.60. The second-order valence-corrected chi connectivity index (χ2v) is 5.34. The summed E-state index contributed by atoms with van der Waals surface area (Å²) in [7, 11) is 1.93. The van der Waals surface area contributed by atoms with Gasteiger partial charge in [0, 0.05) is 12.4 Å². The van der Waals surface area contributed by atoms with Crippen molar-refractivity contribution >= 4 is 0 Å². The molecule has 3 rings (SSSR count). The van der Waals surface area contributed by atoms with Crippen LogP contribution < -0.4 is 0 Å². The first-order valence-corrected chi connectivity index (χ1v) is 7.27. The molecule has 1 aromatic carbocycles. The third-order valence-electron chi connectivity index (χ3n) is 3.51. The summed E-state index contributed by atoms with van der Waals surface area (Å²) >= 11 is 0. The van der Waals surface area contributed by atoms with Crippen molar-refractivity contribution in [3.05, 3.63) is 77.8 Å². The van der Waals surface area contributed by atoms with Crippen LogP contribution in [0.1, 0.15) is 29.1 Å². The van der Waals surface area contributed by atoms with E-state index >= 15 is 0 Å². The SMILES string of the molecule is Cc1cnc(CN(C)[C@@H](c2ccc(F)cc2)c2ncccn2)o1. The lowest BCUT2D eigenvalue weighted by Gasteiger charge is -2.26. The van der Waals surface area contributed by atoms with E-state index in [0.29, 0.717) is 18.3 Å². The van der Waals surface area contributed by atoms with Crippen molar-refractivity contribution in [2.45, 2.75) is 19.5 Å². The van der Waals surface area contributed by atoms with E-state index in [4.69, 9.17) is 4.42 Å². The minimum Gasteiger partial charge on any atom is -0.445 e. The van der Waals surface area contributed by atoms with Crippen LogP contribution in [0.4, 0.5) is 4.39 Å². The number of hydrogen-bond donors (Lipinski definition) is 0. The molecule has 5 nitrogen and oxygen atoms in total. The molecule has 2 heterocycles. The van der Waals surface area contributed by atoms with Crippen molar-refractivity contribution in [1.82, 2.24) is 19.9 Å². The standard InChI is InChI=1S/C17H17FN4O/c1-12-10-21-15(23-12)11-22(2)16(17-19-8-3-9-20-17)13-4-6-14(18)7-5-13/h3-10,16H,11H2,1-2H3/t16-/m0/s1. The number of benzene rings is 1. The van der Waals surface area contributed by atoms with Crippen LogP contribution in [0.15, 0.2) is 53.3 Å². The van der Waals surface area contributed by atoms with E-state index < -0.39 is 0 Å². The van der Waals surface area contributed by atoms with E-state index in [-0.39, 0.29) is 11.9 Å². The molecule has 23 heavy (non-hydrogen) atoms. The number of rotatable bonds is 5. The molecule has 0 saturated carbocycles. The van der Waals surface area contributed by atoms with Crippen LogP contribution in [0, 0.1) is 12.7 Å². The third kappa shape index (κ3) is 3.60. The molecule has 0 radical (unpaired) electrons. The Balaban J connectivity index is 1.92. The lowest BCUT2D eigenvalue weighted by Crippen LogP contribution is -2.27. The van der Waals surface area contributed by atoms with Gasteiger partial charge in [-0.3, -0.25) is 4.90 Å². The van der Waals surface area contributed by atoms with Gasteiger partial charge in [-0.15, -0.1) is 0 Å². The van der Waals surface area contributed by atoms with E-state index in [1.165, 1.54) is 12.1 Å². The Morgan fingerprint density at radius 1 is 1.13 bits per heavy atom. The first-order chi connectivity index (χ1) is 11.1. The maximum Gasteiger partial charge on any atom is 0.208 e. The topological polar surface area (TPSA) is 55.1 Å². The highest BCUT2D eigenvalue weighted by atomic mass is 19.1. The van der Waals surface area contributed by atoms with Gasteiger partial charge in [0.15, 0.2) is 0 Å². The molecule has 118 valence electrons. The second-order valence-electron chi connectivity index (χ2n) is 5.34. The van der Waals surface area contributed by atoms with Crippen molar-refractivity contribution in [1.29, 1.82) is 0 Å². The third-order valence-corrected chi connectivity index (χ3v) is 3.51. The molecule has 0 saturated heterocycles. The number of aromatic nitrogens is 3. The Bertz CT molecular complexity index is 758. The van der Waals surface area contributed by atoms with Crippen molar-refractivity contribution < 1.29 is 8.81 Å². The number of hydrogen-bond acceptors (Lipinski definition) is 5. The first kappa shape index (κ1) is 15.3. The molecule has 0 N–H and O–H groups in total. The highest BCUT2D eigenvalue weighted by Crippen LogP contribution is 2.26. The number of oxazole rings is 1. The fourth-order valence-electron chi connectivity index (χ4n) is 2.48. The number of halogens is 1. The van der Waals surface area contributed by atoms with Gasteiger partial charge in [0.05, 0.1) is 18.8 Å². The molecule has 1 atom stereocenters. The van der Waals surface area contributed by atoms with Crippen LogP contribution in [0.25, 0.3) is 0 Å². The van der Waals surface area contributed by atoms with Gasteiger partial charge in [0.1, 0.15) is 17.4 Å². The molecule has 6 heteroatoms. The zero-order valence-electron chi connectivity index (χ0n) is 13.0. The average Bonchev–Trinajstić information content (AvgIpc) is 2.95. The number of nitrogens with zero attached hydrogens (tertiary/aromatic N) is 4. The Morgan fingerprint density at radius 2 is 1.83 bits per heavy atom. The van der Waals surface area contributed by atoms with Gasteiger partial charge in [-0.2, -0.15) is 0 Å². The maximum atomic E-state index is 13.2. The first-order valence-electron chi connectivity index (χ1n) is 7.27. The summed E-state index contributed by atoms with van der Waals surface area (Å²) in [6, 6.07) is 7.91. The van der Waals surface area contributed by atoms with E-state index in [9.17, 15) is 4.39 Å². The van der Waals surface area contributed by atoms with Crippen LogP contribution in [-0.2, 0) is 6.54 Å². The summed E-state index contributed by atoms with van der Waals surface area (Å²) in [5, 5.41) is 0. The smallest absolute Gasteiger partial charge is 0.208 e. The van der Waals surface area contributed by atoms with Crippen molar-refractivity contribution in [3.63, 3.8) is 0 Å². The summed E-state index contributed by atoms with van der Waals surface area (Å²) in [6.07, 6.45) is 5.08. The Morgan fingerprint density at radius 3 is 2.43 bits per heavy atom. The minimum atomic E-state index is -0.271. The van der Waals surface area contributed by atoms with Crippen LogP contribution in [0.5, 0.6) is 0 Å². The second kappa shape index (κ2) is 6.66. The fraction of sp³-hybridized carbons (Fsp3) is 0.235. The summed E-state index contributed by atoms with van der Waals surface area (Å²) in [5.74, 6) is 1.76. The van der Waals surface area contributed by atoms with Crippen LogP contribution in [0.2, 0.25) is 0 Å². The molecule has 0 spiro atoms. The highest BCUT2D eigenvalue weighted by Gasteiger charge is 2.23. The molecule has 0 bridgehead atoms. The van der Waals surface area contributed by atoms with Gasteiger partial charge in [-0.1, -0.05) is 12.1 Å². The van der Waals surface area contributed by atoms with Gasteiger partial charge >= 0.3 is 0 Å². The summed E-state index contributed by atoms with van der Waals surface area (Å²) in [6.45, 7) is 2.35. The summed E-state index contributed by atoms with van der Waals surface area (Å²) < 4.78 is 18.8. The molecule has 2 aromatic heterocycles. The molecule has 0 aliphatic rings. The van der Waals surface area contributed by atoms with Crippen LogP contribution in [-0.4, -0.2) is 26.9 Å². The Labute approximate surface area is 133 Å². The van der Waals surface area contributed by atoms with E-state index in [0.717, 1.165) is 11.3 Å². The zero-order chi connectivity index (χ0) is 16.2. The lowest BCUT2D eigenvalue weighted by atomic mass is 10.0. The molecule has 0 amide bonds. The predicted octanol–water partition coefficient (Wildman–Crippen LogP) is 3.13. The van der Waals surface area contributed by atoms with Gasteiger partial charge < -0.3 is 4.42 Å². The van der Waals surface area contributed by atoms with Gasteiger partial charge in [0.2, 0.25) is 5.89 Å². The van der Waals surface area contributed by atoms with Crippen LogP contribution >= 0.6 is 0 Å². The predicted molar refractivity (Wildman–Crippen MR) is 83.0 cm³/mol. The fourth-order valence-corrected chi connectivity index (χ4v) is 2.48. The van der Waals surface area contributed by atoms with Crippen molar-refractivity contribution in [2.75, 3.05) is 7.05 Å². The molecule has 0 aliphatic carbocycles. The summed E-state index contributed by atoms with van der Waals surface area (Å²) in [5.41, 5.74) is 0.906. The molecular weight excluding hydrogens is 295 g/mol. The minimum absolute atomic E-state index is 0.219. The van der Waals surface area contributed by atoms with E-state index in [1.807, 2.05) is 18.9 Å². The Kier molecular flexibility index (Phi) is 4.43. The molecule has 3 aromatic rings. The van der Waals surface area contributed by atoms with Crippen molar-refractivity contribution in [2.24, 2.45) is 0 Å². The van der Waals surface area contributed by atoms with E-state index in [2.05, 4.69) is 15.0 Å². The largest absolute Gasteiger partial charge is 0.445 e. The summed E-state index contributed by atoms with van der Waals surface area (Å²) in [4.78, 5) is 14.9. The van der Waals surface area contributed by atoms with Crippen LogP contribution in [0.3, 0.4) is 0 Å². The number of aryl methyl sites for hydroxylation is 1. The molecular formula is C17H17FN4O. The normalized spacial score (nSPS) is 12.5. The molecule has 0 unspecified atom stereocenters. The molecule has 0 aliphatic heterocycles. The average molecular weight is 312 g/mol. The monoisotopic (exact) mass is 312 g/mol.